The highest BCUT2D eigenvalue weighted by molar-refractivity contribution is 5.94. The molecule has 1 aromatic carbocycles. The number of aromatic nitrogens is 1. The Balaban J connectivity index is 1.67. The van der Waals surface area contributed by atoms with Gasteiger partial charge in [0, 0.05) is 37.3 Å². The number of nitrogens with zero attached hydrogens (tertiary/aromatic N) is 1. The topological polar surface area (TPSA) is 77.2 Å². The minimum Gasteiger partial charge on any atom is -0.357 e. The van der Waals surface area contributed by atoms with Crippen LogP contribution < -0.4 is 10.6 Å². The number of aromatic amines is 1. The first kappa shape index (κ1) is 16.5. The molecule has 3 N–H and O–H groups in total. The molecule has 1 atom stereocenters. The van der Waals surface area contributed by atoms with Gasteiger partial charge in [0.1, 0.15) is 0 Å². The maximum atomic E-state index is 11.8. The predicted molar refractivity (Wildman–Crippen MR) is 93.7 cm³/mol. The Bertz CT molecular complexity index is 692. The molecule has 0 radical (unpaired) electrons. The zero-order valence-electron chi connectivity index (χ0n) is 14.0. The maximum absolute atomic E-state index is 11.8. The van der Waals surface area contributed by atoms with Gasteiger partial charge < -0.3 is 10.3 Å². The number of amides is 3. The van der Waals surface area contributed by atoms with Crippen molar-refractivity contribution in [2.24, 2.45) is 0 Å². The van der Waals surface area contributed by atoms with Gasteiger partial charge in [0.25, 0.3) is 0 Å². The second-order valence-corrected chi connectivity index (χ2v) is 6.24. The fourth-order valence-electron chi connectivity index (χ4n) is 3.38. The van der Waals surface area contributed by atoms with Crippen molar-refractivity contribution in [1.29, 1.82) is 0 Å². The van der Waals surface area contributed by atoms with Crippen molar-refractivity contribution in [1.82, 2.24) is 20.5 Å². The molecule has 3 amide bonds. The van der Waals surface area contributed by atoms with Crippen molar-refractivity contribution >= 4 is 22.8 Å². The van der Waals surface area contributed by atoms with E-state index in [-0.39, 0.29) is 5.91 Å². The number of carbonyl (C=O) groups is 2. The maximum Gasteiger partial charge on any atom is 0.321 e. The van der Waals surface area contributed by atoms with E-state index in [0.29, 0.717) is 19.0 Å². The molecule has 1 fully saturated rings. The Labute approximate surface area is 141 Å². The summed E-state index contributed by atoms with van der Waals surface area (Å²) in [7, 11) is 1.50. The SMILES string of the molecule is CNC(=O)NC(=O)CCN1CCCC[C@H]1c1cc2ccccc2[nH]1. The van der Waals surface area contributed by atoms with Crippen LogP contribution in [0.15, 0.2) is 30.3 Å². The van der Waals surface area contributed by atoms with Gasteiger partial charge in [-0.05, 0) is 36.9 Å². The van der Waals surface area contributed by atoms with E-state index < -0.39 is 6.03 Å². The quantitative estimate of drug-likeness (QED) is 0.807. The molecule has 3 rings (SSSR count). The standard InChI is InChI=1S/C18H24N4O2/c1-19-18(24)21-17(23)9-11-22-10-5-4-8-16(22)15-12-13-6-2-3-7-14(13)20-15/h2-3,6-7,12,16,20H,4-5,8-11H2,1H3,(H2,19,21,23,24)/t16-/m0/s1. The largest absolute Gasteiger partial charge is 0.357 e. The fourth-order valence-corrected chi connectivity index (χ4v) is 3.38. The Morgan fingerprint density at radius 1 is 1.29 bits per heavy atom. The Morgan fingerprint density at radius 3 is 2.92 bits per heavy atom. The highest BCUT2D eigenvalue weighted by Gasteiger charge is 2.25. The van der Waals surface area contributed by atoms with Crippen molar-refractivity contribution in [3.05, 3.63) is 36.0 Å². The molecule has 1 aliphatic rings. The Hall–Kier alpha value is -2.34. The number of urea groups is 1. The van der Waals surface area contributed by atoms with Crippen molar-refractivity contribution in [3.8, 4) is 0 Å². The first-order valence-corrected chi connectivity index (χ1v) is 8.50. The smallest absolute Gasteiger partial charge is 0.321 e. The number of hydrogen-bond acceptors (Lipinski definition) is 3. The lowest BCUT2D eigenvalue weighted by Crippen LogP contribution is -2.40. The Morgan fingerprint density at radius 2 is 2.12 bits per heavy atom. The van der Waals surface area contributed by atoms with Gasteiger partial charge in [-0.25, -0.2) is 4.79 Å². The van der Waals surface area contributed by atoms with Crippen LogP contribution in [0.2, 0.25) is 0 Å². The number of piperidine rings is 1. The molecule has 2 heterocycles. The summed E-state index contributed by atoms with van der Waals surface area (Å²) in [5, 5.41) is 5.93. The van der Waals surface area contributed by atoms with Gasteiger partial charge in [-0.3, -0.25) is 15.0 Å². The van der Waals surface area contributed by atoms with E-state index in [4.69, 9.17) is 0 Å². The van der Waals surface area contributed by atoms with Gasteiger partial charge >= 0.3 is 6.03 Å². The molecule has 128 valence electrons. The molecule has 1 aliphatic heterocycles. The third kappa shape index (κ3) is 3.76. The second kappa shape index (κ2) is 7.49. The van der Waals surface area contributed by atoms with Crippen LogP contribution in [0.25, 0.3) is 10.9 Å². The monoisotopic (exact) mass is 328 g/mol. The number of hydrogen-bond donors (Lipinski definition) is 3. The molecule has 24 heavy (non-hydrogen) atoms. The normalized spacial score (nSPS) is 18.5. The first-order valence-electron chi connectivity index (χ1n) is 8.50. The van der Waals surface area contributed by atoms with Crippen LogP contribution in [-0.2, 0) is 4.79 Å². The number of para-hydroxylation sites is 1. The highest BCUT2D eigenvalue weighted by atomic mass is 16.2. The van der Waals surface area contributed by atoms with Crippen molar-refractivity contribution in [3.63, 3.8) is 0 Å². The molecular formula is C18H24N4O2. The number of fused-ring (bicyclic) bond motifs is 1. The van der Waals surface area contributed by atoms with Crippen LogP contribution in [0.4, 0.5) is 4.79 Å². The van der Waals surface area contributed by atoms with E-state index in [1.807, 2.05) is 12.1 Å². The van der Waals surface area contributed by atoms with E-state index >= 15 is 0 Å². The number of carbonyl (C=O) groups excluding carboxylic acids is 2. The van der Waals surface area contributed by atoms with Gasteiger partial charge in [-0.15, -0.1) is 0 Å². The molecule has 1 saturated heterocycles. The first-order chi connectivity index (χ1) is 11.7. The third-order valence-corrected chi connectivity index (χ3v) is 4.63. The zero-order valence-corrected chi connectivity index (χ0v) is 14.0. The van der Waals surface area contributed by atoms with E-state index in [2.05, 4.69) is 38.7 Å². The lowest BCUT2D eigenvalue weighted by atomic mass is 9.99. The van der Waals surface area contributed by atoms with E-state index in [1.54, 1.807) is 0 Å². The highest BCUT2D eigenvalue weighted by Crippen LogP contribution is 2.32. The minimum absolute atomic E-state index is 0.240. The van der Waals surface area contributed by atoms with Crippen LogP contribution >= 0.6 is 0 Å². The summed E-state index contributed by atoms with van der Waals surface area (Å²) in [4.78, 5) is 28.9. The molecule has 0 aliphatic carbocycles. The fraction of sp³-hybridized carbons (Fsp3) is 0.444. The van der Waals surface area contributed by atoms with Crippen molar-refractivity contribution in [2.75, 3.05) is 20.1 Å². The number of nitrogens with one attached hydrogen (secondary N) is 3. The molecule has 0 saturated carbocycles. The molecule has 1 aromatic heterocycles. The summed E-state index contributed by atoms with van der Waals surface area (Å²) in [6.45, 7) is 1.64. The minimum atomic E-state index is -0.453. The molecule has 0 bridgehead atoms. The molecular weight excluding hydrogens is 304 g/mol. The molecule has 6 heteroatoms. The van der Waals surface area contributed by atoms with Gasteiger partial charge in [0.05, 0.1) is 0 Å². The molecule has 0 unspecified atom stereocenters. The summed E-state index contributed by atoms with van der Waals surface area (Å²) < 4.78 is 0. The van der Waals surface area contributed by atoms with E-state index in [1.165, 1.54) is 24.5 Å². The van der Waals surface area contributed by atoms with Gasteiger partial charge in [-0.2, -0.15) is 0 Å². The summed E-state index contributed by atoms with van der Waals surface area (Å²) in [6, 6.07) is 10.3. The summed E-state index contributed by atoms with van der Waals surface area (Å²) in [5.41, 5.74) is 2.36. The van der Waals surface area contributed by atoms with Crippen LogP contribution in [0.5, 0.6) is 0 Å². The molecule has 6 nitrogen and oxygen atoms in total. The number of imide groups is 1. The summed E-state index contributed by atoms with van der Waals surface area (Å²) in [5.74, 6) is -0.240. The summed E-state index contributed by atoms with van der Waals surface area (Å²) in [6.07, 6.45) is 3.75. The van der Waals surface area contributed by atoms with Crippen LogP contribution in [0.1, 0.15) is 37.4 Å². The lowest BCUT2D eigenvalue weighted by Gasteiger charge is -2.35. The third-order valence-electron chi connectivity index (χ3n) is 4.63. The van der Waals surface area contributed by atoms with Crippen LogP contribution in [-0.4, -0.2) is 42.0 Å². The van der Waals surface area contributed by atoms with Gasteiger partial charge in [0.2, 0.25) is 5.91 Å². The molecule has 0 spiro atoms. The van der Waals surface area contributed by atoms with Crippen molar-refractivity contribution in [2.45, 2.75) is 31.7 Å². The lowest BCUT2D eigenvalue weighted by molar-refractivity contribution is -0.120. The second-order valence-electron chi connectivity index (χ2n) is 6.24. The predicted octanol–water partition coefficient (Wildman–Crippen LogP) is 2.54. The van der Waals surface area contributed by atoms with Crippen molar-refractivity contribution < 1.29 is 9.59 Å². The molecule has 2 aromatic rings. The average molecular weight is 328 g/mol. The number of H-pyrrole nitrogens is 1. The number of rotatable bonds is 4. The van der Waals surface area contributed by atoms with Gasteiger partial charge in [0.15, 0.2) is 0 Å². The van der Waals surface area contributed by atoms with Crippen LogP contribution in [0.3, 0.4) is 0 Å². The Kier molecular flexibility index (Phi) is 5.15. The van der Waals surface area contributed by atoms with Gasteiger partial charge in [-0.1, -0.05) is 24.6 Å². The summed E-state index contributed by atoms with van der Waals surface area (Å²) >= 11 is 0. The number of likely N-dealkylation sites (tertiary alicyclic amines) is 1. The van der Waals surface area contributed by atoms with E-state index in [0.717, 1.165) is 24.9 Å². The van der Waals surface area contributed by atoms with Crippen LogP contribution in [0, 0.1) is 0 Å². The van der Waals surface area contributed by atoms with E-state index in [9.17, 15) is 9.59 Å². The zero-order chi connectivity index (χ0) is 16.9. The number of benzene rings is 1. The average Bonchev–Trinajstić information content (AvgIpc) is 3.04.